The van der Waals surface area contributed by atoms with Crippen molar-refractivity contribution in [1.82, 2.24) is 14.7 Å². The van der Waals surface area contributed by atoms with Gasteiger partial charge in [-0.15, -0.1) is 0 Å². The van der Waals surface area contributed by atoms with E-state index in [1.54, 1.807) is 5.56 Å². The van der Waals surface area contributed by atoms with Crippen molar-refractivity contribution in [2.24, 2.45) is 5.92 Å². The first kappa shape index (κ1) is 19.1. The van der Waals surface area contributed by atoms with Crippen LogP contribution in [0.25, 0.3) is 0 Å². The summed E-state index contributed by atoms with van der Waals surface area (Å²) in [6.45, 7) is 11.6. The highest BCUT2D eigenvalue weighted by Crippen LogP contribution is 2.44. The van der Waals surface area contributed by atoms with E-state index in [1.165, 1.54) is 96.2 Å². The Kier molecular flexibility index (Phi) is 5.51. The lowest BCUT2D eigenvalue weighted by molar-refractivity contribution is -0.0187. The molecule has 1 aromatic rings. The van der Waals surface area contributed by atoms with E-state index < -0.39 is 0 Å². The van der Waals surface area contributed by atoms with Gasteiger partial charge in [-0.25, -0.2) is 0 Å². The van der Waals surface area contributed by atoms with Crippen molar-refractivity contribution in [1.29, 1.82) is 0 Å². The molecule has 4 fully saturated rings. The van der Waals surface area contributed by atoms with E-state index in [4.69, 9.17) is 0 Å². The Bertz CT molecular complexity index is 638. The molecular weight excluding hydrogens is 342 g/mol. The zero-order valence-electron chi connectivity index (χ0n) is 17.9. The van der Waals surface area contributed by atoms with Gasteiger partial charge in [0.15, 0.2) is 0 Å². The van der Waals surface area contributed by atoms with Crippen molar-refractivity contribution in [3.05, 3.63) is 35.4 Å². The van der Waals surface area contributed by atoms with Crippen LogP contribution in [0.3, 0.4) is 0 Å². The van der Waals surface area contributed by atoms with Crippen LogP contribution in [0.15, 0.2) is 24.3 Å². The van der Waals surface area contributed by atoms with Crippen LogP contribution >= 0.6 is 0 Å². The molecule has 0 aromatic heterocycles. The molecule has 0 N–H and O–H groups in total. The molecule has 1 atom stereocenters. The molecule has 1 aliphatic carbocycles. The number of hydrogen-bond donors (Lipinski definition) is 0. The van der Waals surface area contributed by atoms with Crippen molar-refractivity contribution in [3.8, 4) is 0 Å². The van der Waals surface area contributed by atoms with Gasteiger partial charge in [0.25, 0.3) is 0 Å². The summed E-state index contributed by atoms with van der Waals surface area (Å²) in [6, 6.07) is 9.64. The fourth-order valence-electron chi connectivity index (χ4n) is 6.41. The molecule has 5 rings (SSSR count). The summed E-state index contributed by atoms with van der Waals surface area (Å²) in [6.07, 6.45) is 11.1. The molecule has 3 heterocycles. The minimum Gasteiger partial charge on any atom is -0.299 e. The second-order valence-corrected chi connectivity index (χ2v) is 10.2. The SMILES string of the molecule is CC1(N2CCCC2)CCCN1CC1CC(c2ccc(CN3CCCC3)cc2)C1. The summed E-state index contributed by atoms with van der Waals surface area (Å²) in [7, 11) is 0. The molecule has 1 aromatic carbocycles. The monoisotopic (exact) mass is 381 g/mol. The third-order valence-corrected chi connectivity index (χ3v) is 8.32. The molecule has 0 bridgehead atoms. The highest BCUT2D eigenvalue weighted by molar-refractivity contribution is 5.27. The molecule has 1 unspecified atom stereocenters. The molecule has 0 spiro atoms. The van der Waals surface area contributed by atoms with Gasteiger partial charge < -0.3 is 0 Å². The van der Waals surface area contributed by atoms with Crippen molar-refractivity contribution in [2.75, 3.05) is 39.3 Å². The maximum absolute atomic E-state index is 2.85. The van der Waals surface area contributed by atoms with Crippen molar-refractivity contribution >= 4 is 0 Å². The molecule has 3 heteroatoms. The van der Waals surface area contributed by atoms with E-state index in [9.17, 15) is 0 Å². The van der Waals surface area contributed by atoms with Crippen LogP contribution in [0.4, 0.5) is 0 Å². The highest BCUT2D eigenvalue weighted by Gasteiger charge is 2.44. The summed E-state index contributed by atoms with van der Waals surface area (Å²) < 4.78 is 0. The maximum Gasteiger partial charge on any atom is 0.0709 e. The lowest BCUT2D eigenvalue weighted by Gasteiger charge is -2.47. The summed E-state index contributed by atoms with van der Waals surface area (Å²) >= 11 is 0. The van der Waals surface area contributed by atoms with E-state index in [2.05, 4.69) is 45.9 Å². The molecule has 1 saturated carbocycles. The fraction of sp³-hybridized carbons (Fsp3) is 0.760. The number of rotatable bonds is 6. The second kappa shape index (κ2) is 8.08. The van der Waals surface area contributed by atoms with E-state index in [0.29, 0.717) is 5.66 Å². The Hall–Kier alpha value is -0.900. The Balaban J connectivity index is 1.12. The average molecular weight is 382 g/mol. The van der Waals surface area contributed by atoms with Crippen molar-refractivity contribution < 1.29 is 0 Å². The predicted octanol–water partition coefficient (Wildman–Crippen LogP) is 4.68. The number of likely N-dealkylation sites (tertiary alicyclic amines) is 3. The molecule has 3 aliphatic heterocycles. The van der Waals surface area contributed by atoms with Gasteiger partial charge in [0, 0.05) is 19.6 Å². The van der Waals surface area contributed by atoms with Crippen LogP contribution in [-0.4, -0.2) is 59.6 Å². The summed E-state index contributed by atoms with van der Waals surface area (Å²) in [5.41, 5.74) is 3.45. The van der Waals surface area contributed by atoms with Crippen LogP contribution in [0.2, 0.25) is 0 Å². The van der Waals surface area contributed by atoms with Crippen LogP contribution < -0.4 is 0 Å². The number of benzene rings is 1. The maximum atomic E-state index is 2.85. The average Bonchev–Trinajstić information content (AvgIpc) is 3.42. The van der Waals surface area contributed by atoms with Gasteiger partial charge in [-0.1, -0.05) is 24.3 Å². The van der Waals surface area contributed by atoms with Crippen molar-refractivity contribution in [3.63, 3.8) is 0 Å². The first-order valence-electron chi connectivity index (χ1n) is 12.0. The van der Waals surface area contributed by atoms with E-state index >= 15 is 0 Å². The largest absolute Gasteiger partial charge is 0.299 e. The Morgan fingerprint density at radius 2 is 1.54 bits per heavy atom. The normalized spacial score (nSPS) is 34.9. The number of hydrogen-bond acceptors (Lipinski definition) is 3. The predicted molar refractivity (Wildman–Crippen MR) is 116 cm³/mol. The lowest BCUT2D eigenvalue weighted by Crippen LogP contribution is -2.55. The van der Waals surface area contributed by atoms with Gasteiger partial charge in [0.1, 0.15) is 0 Å². The minimum absolute atomic E-state index is 0.360. The Morgan fingerprint density at radius 1 is 0.857 bits per heavy atom. The van der Waals surface area contributed by atoms with Gasteiger partial charge in [0.05, 0.1) is 5.66 Å². The molecule has 3 saturated heterocycles. The quantitative estimate of drug-likeness (QED) is 0.708. The second-order valence-electron chi connectivity index (χ2n) is 10.2. The number of nitrogens with zero attached hydrogens (tertiary/aromatic N) is 3. The van der Waals surface area contributed by atoms with Gasteiger partial charge >= 0.3 is 0 Å². The van der Waals surface area contributed by atoms with Crippen LogP contribution in [0.5, 0.6) is 0 Å². The first-order valence-corrected chi connectivity index (χ1v) is 12.0. The molecule has 0 amide bonds. The molecule has 28 heavy (non-hydrogen) atoms. The molecule has 4 aliphatic rings. The fourth-order valence-corrected chi connectivity index (χ4v) is 6.41. The molecule has 0 radical (unpaired) electrons. The molecule has 154 valence electrons. The highest BCUT2D eigenvalue weighted by atomic mass is 15.4. The molecular formula is C25H39N3. The molecule has 3 nitrogen and oxygen atoms in total. The van der Waals surface area contributed by atoms with Gasteiger partial charge in [-0.3, -0.25) is 14.7 Å². The van der Waals surface area contributed by atoms with Gasteiger partial charge in [0.2, 0.25) is 0 Å². The standard InChI is InChI=1S/C25H39N3/c1-25(27-14-4-5-15-27)11-6-16-28(25)20-22-17-24(18-22)23-9-7-21(8-10-23)19-26-12-2-3-13-26/h7-10,22,24H,2-6,11-20H2,1H3. The lowest BCUT2D eigenvalue weighted by atomic mass is 9.71. The Morgan fingerprint density at radius 3 is 2.25 bits per heavy atom. The third-order valence-electron chi connectivity index (χ3n) is 8.32. The van der Waals surface area contributed by atoms with Crippen LogP contribution in [0, 0.1) is 5.92 Å². The minimum atomic E-state index is 0.360. The zero-order valence-corrected chi connectivity index (χ0v) is 17.9. The topological polar surface area (TPSA) is 9.72 Å². The third kappa shape index (κ3) is 3.78. The smallest absolute Gasteiger partial charge is 0.0709 e. The van der Waals surface area contributed by atoms with E-state index in [1.807, 2.05) is 0 Å². The Labute approximate surface area is 172 Å². The zero-order chi connectivity index (χ0) is 19.0. The van der Waals surface area contributed by atoms with E-state index in [0.717, 1.165) is 18.4 Å². The van der Waals surface area contributed by atoms with Crippen LogP contribution in [-0.2, 0) is 6.54 Å². The van der Waals surface area contributed by atoms with Crippen LogP contribution in [0.1, 0.15) is 75.3 Å². The first-order chi connectivity index (χ1) is 13.7. The van der Waals surface area contributed by atoms with E-state index in [-0.39, 0.29) is 0 Å². The summed E-state index contributed by atoms with van der Waals surface area (Å²) in [5.74, 6) is 1.72. The summed E-state index contributed by atoms with van der Waals surface area (Å²) in [5, 5.41) is 0. The van der Waals surface area contributed by atoms with Gasteiger partial charge in [-0.05, 0) is 107 Å². The van der Waals surface area contributed by atoms with Gasteiger partial charge in [-0.2, -0.15) is 0 Å². The van der Waals surface area contributed by atoms with Crippen molar-refractivity contribution in [2.45, 2.75) is 76.4 Å². The summed E-state index contributed by atoms with van der Waals surface area (Å²) in [4.78, 5) is 8.23.